The molecule has 0 radical (unpaired) electrons. The molecule has 0 bridgehead atoms. The van der Waals surface area contributed by atoms with Gasteiger partial charge in [-0.1, -0.05) is 0 Å². The lowest BCUT2D eigenvalue weighted by atomic mass is 10.1. The summed E-state index contributed by atoms with van der Waals surface area (Å²) in [5, 5.41) is 8.88. The third-order valence-electron chi connectivity index (χ3n) is 2.83. The van der Waals surface area contributed by atoms with E-state index in [1.807, 2.05) is 0 Å². The largest absolute Gasteiger partial charge is 0.390 e. The van der Waals surface area contributed by atoms with E-state index in [-0.39, 0.29) is 24.5 Å². The minimum absolute atomic E-state index is 0.00280. The van der Waals surface area contributed by atoms with Gasteiger partial charge in [0.15, 0.2) is 0 Å². The Morgan fingerprint density at radius 3 is 2.38 bits per heavy atom. The maximum absolute atomic E-state index is 13.0. The van der Waals surface area contributed by atoms with Gasteiger partial charge in [-0.3, -0.25) is 0 Å². The van der Waals surface area contributed by atoms with Crippen molar-refractivity contribution in [3.05, 3.63) is 53.4 Å². The predicted molar refractivity (Wildman–Crippen MR) is 72.0 cm³/mol. The Bertz CT molecular complexity index is 709. The topological polar surface area (TPSA) is 82.2 Å². The summed E-state index contributed by atoms with van der Waals surface area (Å²) in [6, 6.07) is 4.36. The first-order chi connectivity index (χ1) is 9.90. The first kappa shape index (κ1) is 15.6. The number of hydrogen-bond donors (Lipinski definition) is 3. The molecule has 0 spiro atoms. The van der Waals surface area contributed by atoms with E-state index in [1.165, 1.54) is 12.3 Å². The van der Waals surface area contributed by atoms with Crippen molar-refractivity contribution in [2.24, 2.45) is 0 Å². The molecule has 0 aliphatic carbocycles. The first-order valence-electron chi connectivity index (χ1n) is 6.13. The number of sulfonamides is 1. The average molecular weight is 316 g/mol. The molecule has 5 nitrogen and oxygen atoms in total. The molecule has 8 heteroatoms. The molecule has 2 rings (SSSR count). The van der Waals surface area contributed by atoms with Gasteiger partial charge in [-0.25, -0.2) is 21.9 Å². The zero-order valence-electron chi connectivity index (χ0n) is 10.9. The highest BCUT2D eigenvalue weighted by atomic mass is 32.2. The molecule has 21 heavy (non-hydrogen) atoms. The van der Waals surface area contributed by atoms with Gasteiger partial charge in [0, 0.05) is 24.5 Å². The molecule has 3 N–H and O–H groups in total. The highest BCUT2D eigenvalue weighted by Crippen LogP contribution is 2.11. The van der Waals surface area contributed by atoms with Crippen LogP contribution in [-0.4, -0.2) is 25.1 Å². The van der Waals surface area contributed by atoms with Gasteiger partial charge in [0.2, 0.25) is 10.0 Å². The van der Waals surface area contributed by atoms with E-state index < -0.39 is 21.7 Å². The third kappa shape index (κ3) is 4.10. The molecule has 0 unspecified atom stereocenters. The molecule has 1 aromatic heterocycles. The summed E-state index contributed by atoms with van der Waals surface area (Å²) in [6.45, 7) is -0.289. The Balaban J connectivity index is 1.98. The van der Waals surface area contributed by atoms with Crippen LogP contribution in [0.3, 0.4) is 0 Å². The summed E-state index contributed by atoms with van der Waals surface area (Å²) in [5.41, 5.74) is 0.739. The van der Waals surface area contributed by atoms with Crippen LogP contribution in [0.25, 0.3) is 0 Å². The Morgan fingerprint density at radius 2 is 1.81 bits per heavy atom. The second-order valence-electron chi connectivity index (χ2n) is 4.44. The number of nitrogens with one attached hydrogen (secondary N) is 2. The number of aliphatic hydroxyl groups excluding tert-OH is 1. The highest BCUT2D eigenvalue weighted by Gasteiger charge is 2.15. The lowest BCUT2D eigenvalue weighted by molar-refractivity contribution is 0.277. The van der Waals surface area contributed by atoms with Gasteiger partial charge in [0.1, 0.15) is 11.6 Å². The van der Waals surface area contributed by atoms with Crippen LogP contribution < -0.4 is 4.72 Å². The molecule has 0 aliphatic heterocycles. The van der Waals surface area contributed by atoms with Crippen molar-refractivity contribution >= 4 is 10.0 Å². The Kier molecular flexibility index (Phi) is 4.71. The number of halogens is 2. The minimum Gasteiger partial charge on any atom is -0.390 e. The van der Waals surface area contributed by atoms with Crippen LogP contribution >= 0.6 is 0 Å². The second kappa shape index (κ2) is 6.33. The molecular weight excluding hydrogens is 302 g/mol. The van der Waals surface area contributed by atoms with Gasteiger partial charge in [-0.15, -0.1) is 0 Å². The monoisotopic (exact) mass is 316 g/mol. The summed E-state index contributed by atoms with van der Waals surface area (Å²) in [4.78, 5) is 2.61. The Hall–Kier alpha value is -1.77. The van der Waals surface area contributed by atoms with Crippen molar-refractivity contribution in [3.63, 3.8) is 0 Å². The van der Waals surface area contributed by atoms with Crippen molar-refractivity contribution in [1.82, 2.24) is 9.71 Å². The average Bonchev–Trinajstić information content (AvgIpc) is 2.86. The quantitative estimate of drug-likeness (QED) is 0.751. The van der Waals surface area contributed by atoms with Crippen LogP contribution in [0.2, 0.25) is 0 Å². The van der Waals surface area contributed by atoms with E-state index in [1.54, 1.807) is 0 Å². The normalized spacial score (nSPS) is 11.8. The van der Waals surface area contributed by atoms with E-state index in [9.17, 15) is 17.2 Å². The number of aliphatic hydroxyl groups is 1. The van der Waals surface area contributed by atoms with E-state index in [2.05, 4.69) is 9.71 Å². The van der Waals surface area contributed by atoms with Gasteiger partial charge >= 0.3 is 0 Å². The maximum atomic E-state index is 13.0. The second-order valence-corrected chi connectivity index (χ2v) is 6.21. The summed E-state index contributed by atoms with van der Waals surface area (Å²) in [7, 11) is -3.72. The molecule has 0 saturated heterocycles. The standard InChI is InChI=1S/C13H14F2N2O3S/c14-10-3-9(4-11(15)5-10)1-2-17-21(19,20)13-6-12(8-18)16-7-13/h3-7,16-18H,1-2,8H2. The van der Waals surface area contributed by atoms with E-state index in [4.69, 9.17) is 5.11 Å². The molecular formula is C13H14F2N2O3S. The zero-order valence-corrected chi connectivity index (χ0v) is 11.8. The van der Waals surface area contributed by atoms with Gasteiger partial charge in [0.25, 0.3) is 0 Å². The van der Waals surface area contributed by atoms with Gasteiger partial charge < -0.3 is 10.1 Å². The van der Waals surface area contributed by atoms with Crippen molar-refractivity contribution < 1.29 is 22.3 Å². The molecule has 2 aromatic rings. The number of hydrogen-bond acceptors (Lipinski definition) is 3. The number of H-pyrrole nitrogens is 1. The SMILES string of the molecule is O=S(=O)(NCCc1cc(F)cc(F)c1)c1c[nH]c(CO)c1. The van der Waals surface area contributed by atoms with E-state index in [0.717, 1.165) is 18.2 Å². The molecule has 0 amide bonds. The molecule has 0 aliphatic rings. The molecule has 1 heterocycles. The number of aromatic amines is 1. The van der Waals surface area contributed by atoms with Crippen LogP contribution in [0.5, 0.6) is 0 Å². The van der Waals surface area contributed by atoms with Gasteiger partial charge in [0.05, 0.1) is 11.5 Å². The summed E-state index contributed by atoms with van der Waals surface area (Å²) in [5.74, 6) is -1.41. The van der Waals surface area contributed by atoms with E-state index in [0.29, 0.717) is 11.3 Å². The van der Waals surface area contributed by atoms with Gasteiger partial charge in [-0.05, 0) is 30.2 Å². The molecule has 1 aromatic carbocycles. The zero-order chi connectivity index (χ0) is 15.5. The Morgan fingerprint density at radius 1 is 1.14 bits per heavy atom. The number of aromatic nitrogens is 1. The fourth-order valence-electron chi connectivity index (χ4n) is 1.83. The van der Waals surface area contributed by atoms with Crippen molar-refractivity contribution in [2.45, 2.75) is 17.9 Å². The first-order valence-corrected chi connectivity index (χ1v) is 7.62. The predicted octanol–water partition coefficient (Wildman–Crippen LogP) is 1.31. The molecule has 0 saturated carbocycles. The van der Waals surface area contributed by atoms with Crippen molar-refractivity contribution in [2.75, 3.05) is 6.54 Å². The fraction of sp³-hybridized carbons (Fsp3) is 0.231. The lowest BCUT2D eigenvalue weighted by Crippen LogP contribution is -2.25. The smallest absolute Gasteiger partial charge is 0.242 e. The number of rotatable bonds is 6. The van der Waals surface area contributed by atoms with Crippen LogP contribution in [0.1, 0.15) is 11.3 Å². The van der Waals surface area contributed by atoms with Crippen LogP contribution in [-0.2, 0) is 23.1 Å². The van der Waals surface area contributed by atoms with Crippen LogP contribution in [0.4, 0.5) is 8.78 Å². The van der Waals surface area contributed by atoms with Crippen LogP contribution in [0.15, 0.2) is 35.4 Å². The van der Waals surface area contributed by atoms with Crippen molar-refractivity contribution in [1.29, 1.82) is 0 Å². The lowest BCUT2D eigenvalue weighted by Gasteiger charge is -2.05. The summed E-state index contributed by atoms with van der Waals surface area (Å²) >= 11 is 0. The minimum atomic E-state index is -3.72. The summed E-state index contributed by atoms with van der Waals surface area (Å²) < 4.78 is 52.2. The van der Waals surface area contributed by atoms with Gasteiger partial charge in [-0.2, -0.15) is 0 Å². The maximum Gasteiger partial charge on any atom is 0.242 e. The molecule has 114 valence electrons. The molecule has 0 fully saturated rings. The fourth-order valence-corrected chi connectivity index (χ4v) is 2.88. The number of benzene rings is 1. The summed E-state index contributed by atoms with van der Waals surface area (Å²) in [6.07, 6.45) is 1.42. The Labute approximate surface area is 120 Å². The third-order valence-corrected chi connectivity index (χ3v) is 4.27. The van der Waals surface area contributed by atoms with Crippen LogP contribution in [0, 0.1) is 11.6 Å². The highest BCUT2D eigenvalue weighted by molar-refractivity contribution is 7.89. The van der Waals surface area contributed by atoms with Crippen molar-refractivity contribution in [3.8, 4) is 0 Å². The van der Waals surface area contributed by atoms with E-state index >= 15 is 0 Å². The molecule has 0 atom stereocenters.